The monoisotopic (exact) mass is 2110 g/mol. The quantitative estimate of drug-likeness (QED) is 0.0341. The van der Waals surface area contributed by atoms with Crippen molar-refractivity contribution in [3.63, 3.8) is 0 Å². The van der Waals surface area contributed by atoms with E-state index in [0.29, 0.717) is 81.8 Å². The van der Waals surface area contributed by atoms with Gasteiger partial charge in [-0.1, -0.05) is 41.7 Å². The number of pyridine rings is 1. The number of nitrogens with zero attached hydrogens (tertiary/aromatic N) is 20. The first-order chi connectivity index (χ1) is 63.6. The second kappa shape index (κ2) is 47.9. The van der Waals surface area contributed by atoms with Crippen LogP contribution in [-0.2, 0) is 119 Å². The topological polar surface area (TPSA) is 448 Å². The smallest absolute Gasteiger partial charge is 0.354 e. The third-order valence-electron chi connectivity index (χ3n) is 21.7. The van der Waals surface area contributed by atoms with E-state index in [9.17, 15) is 42.3 Å². The number of carboxylic acids is 2. The highest BCUT2D eigenvalue weighted by Gasteiger charge is 2.32. The molecule has 0 saturated heterocycles. The first kappa shape index (κ1) is 106. The first-order valence-corrected chi connectivity index (χ1v) is 47.2. The van der Waals surface area contributed by atoms with Gasteiger partial charge in [-0.3, -0.25) is 47.8 Å². The predicted molar refractivity (Wildman–Crippen MR) is 513 cm³/mol. The SMILES string of the molecule is CC(C)(C)OC(=O)CC1CCn2cc(-c3cccc(F)c3)nc2C1.CC(C)(C)OC(=O)CC1CCn2cc(Br)nc2C1.COC(=O)C1CCn2cc(Br)nc2C1.Cc1cccc(-c2cnn(C)c2C(=O)CO)n1.Cc1csc(-c2cnn(C)c2C(=O)O)n1.Cc1nnc(-c2cnn(C)c2C(=O)CO)s1.Cl.NC1CCn2cc(-c3cccc(F)c3)nc2C1.O=C(O)C1CCn2cc(Br)nc2C1. The molecule has 2 aromatic carbocycles. The summed E-state index contributed by atoms with van der Waals surface area (Å²) in [6.45, 7) is 20.1. The Balaban J connectivity index is 0.000000160. The summed E-state index contributed by atoms with van der Waals surface area (Å²) in [6.07, 6.45) is 23.4. The molecule has 6 N–H and O–H groups in total. The Kier molecular flexibility index (Phi) is 37.5. The minimum Gasteiger partial charge on any atom is -0.481 e. The largest absolute Gasteiger partial charge is 0.481 e. The molecule has 5 atom stereocenters. The van der Waals surface area contributed by atoms with Gasteiger partial charge in [0.15, 0.2) is 10.7 Å². The summed E-state index contributed by atoms with van der Waals surface area (Å²) >= 11 is 12.8. The molecule has 11 aromatic heterocycles. The normalized spacial score (nSPS) is 16.0. The van der Waals surface area contributed by atoms with Gasteiger partial charge in [-0.2, -0.15) is 15.3 Å². The molecule has 13 aromatic rings. The first-order valence-electron chi connectivity index (χ1n) is 43.1. The average Bonchev–Trinajstić information content (AvgIpc) is 1.66. The molecule has 5 unspecified atom stereocenters. The van der Waals surface area contributed by atoms with Gasteiger partial charge in [-0.15, -0.1) is 33.9 Å². The number of ether oxygens (including phenoxy) is 3. The lowest BCUT2D eigenvalue weighted by Crippen LogP contribution is -2.30. The van der Waals surface area contributed by atoms with Crippen molar-refractivity contribution < 1.29 is 77.0 Å². The summed E-state index contributed by atoms with van der Waals surface area (Å²) in [4.78, 5) is 111. The summed E-state index contributed by atoms with van der Waals surface area (Å²) in [6, 6.07) is 18.8. The number of thiazole rings is 1. The van der Waals surface area contributed by atoms with Crippen LogP contribution in [0.15, 0.2) is 135 Å². The van der Waals surface area contributed by atoms with Gasteiger partial charge in [0.05, 0.1) is 65.7 Å². The number of aliphatic hydroxyl groups excluding tert-OH is 2. The van der Waals surface area contributed by atoms with Gasteiger partial charge in [0.2, 0.25) is 11.6 Å². The number of Topliss-reactive ketones (excluding diaryl/α,β-unsaturated/α-hetero) is 2. The number of esters is 3. The van der Waals surface area contributed by atoms with E-state index in [2.05, 4.69) is 126 Å². The second-order valence-electron chi connectivity index (χ2n) is 34.4. The number of aromatic nitrogens is 20. The number of aliphatic carboxylic acids is 1. The van der Waals surface area contributed by atoms with Gasteiger partial charge in [0.25, 0.3) is 0 Å². The third-order valence-corrected chi connectivity index (χ3v) is 24.7. The Bertz CT molecular complexity index is 6290. The van der Waals surface area contributed by atoms with Gasteiger partial charge >= 0.3 is 29.8 Å². The Labute approximate surface area is 817 Å². The number of aliphatic hydroxyl groups is 2. The fourth-order valence-corrected chi connectivity index (χ4v) is 18.2. The van der Waals surface area contributed by atoms with Crippen LogP contribution in [0.2, 0.25) is 0 Å². The van der Waals surface area contributed by atoms with Crippen molar-refractivity contribution in [3.05, 3.63) is 210 Å². The zero-order valence-corrected chi connectivity index (χ0v) is 84.1. The molecule has 0 radical (unpaired) electrons. The standard InChI is InChI=1S/C19H23FN2O2.C13H19BrN2O2.C13H14FN3.C12H13N3O2.C9H11BrN2O2.C9H10N4O2S.C9H9N3O2S.C8H9BrN2O2.ClH/c1-19(2,3)24-18(23)10-13-7-8-22-12-16(21-17(22)9-13)14-5-4-6-15(20)11-14;1-13(2,3)18-12(17)7-9-4-5-16-8-10(14)15-11(16)6-9;14-10-3-1-2-9(6-10)12-8-17-5-4-11(15)7-13(17)16-12;1-8-4-3-5-10(14-8)9-6-13-15(2)12(9)11(17)7-16;1-14-9(13)6-2-3-12-5-7(10)11-8(12)4-6;1-5-11-12-9(16-5)6-3-10-13(2)8(6)7(15)4-14;1-5-4-15-8(11-5)6-3-10-12(2)7(6)9(13)14;9-6-4-11-2-1-5(8(12)13)3-7(11)10-6;/h4-6,11-13H,7-10H2,1-3H3;8-9H,4-7H2,1-3H3;1-3,6,8,11H,4-5,7,15H2;3-6,16H,7H2,1-2H3;5-6H,2-4H2,1H3;3,14H,4H2,1-2H3;3-4H,1-2H3,(H,13,14);4-5H,1-3H2,(H,12,13);1H. The molecule has 0 saturated carbocycles. The van der Waals surface area contributed by atoms with Crippen LogP contribution in [-0.4, -0.2) is 197 Å². The van der Waals surface area contributed by atoms with Gasteiger partial charge < -0.3 is 63.2 Å². The Morgan fingerprint density at radius 3 is 1.36 bits per heavy atom. The molecule has 0 aliphatic carbocycles. The molecular weight excluding hydrogens is 2000 g/mol. The summed E-state index contributed by atoms with van der Waals surface area (Å²) < 4.78 is 59.2. The fraction of sp³-hybridized carbons (Fsp3) is 0.424. The summed E-state index contributed by atoms with van der Waals surface area (Å²) in [5.74, 6) is 1.82. The van der Waals surface area contributed by atoms with Crippen LogP contribution in [0.25, 0.3) is 54.9 Å². The molecule has 5 aliphatic heterocycles. The van der Waals surface area contributed by atoms with Crippen LogP contribution in [0.3, 0.4) is 0 Å². The van der Waals surface area contributed by atoms with Crippen LogP contribution >= 0.6 is 82.9 Å². The minimum absolute atomic E-state index is 0. The molecule has 18 rings (SSSR count). The molecule has 135 heavy (non-hydrogen) atoms. The predicted octanol–water partition coefficient (Wildman–Crippen LogP) is 14.9. The number of aromatic carboxylic acids is 1. The number of hydrogen-bond acceptors (Lipinski definition) is 27. The highest BCUT2D eigenvalue weighted by molar-refractivity contribution is 9.11. The number of aryl methyl sites for hydroxylation is 11. The van der Waals surface area contributed by atoms with E-state index in [1.165, 1.54) is 74.3 Å². The van der Waals surface area contributed by atoms with Crippen molar-refractivity contribution >= 4 is 124 Å². The number of ketones is 2. The molecule has 16 heterocycles. The lowest BCUT2D eigenvalue weighted by molar-refractivity contribution is -0.157. The van der Waals surface area contributed by atoms with Crippen molar-refractivity contribution in [3.8, 4) is 54.9 Å². The number of imidazole rings is 5. The fourth-order valence-electron chi connectivity index (χ4n) is 15.4. The lowest BCUT2D eigenvalue weighted by atomic mass is 9.94. The Hall–Kier alpha value is -11.4. The highest BCUT2D eigenvalue weighted by Crippen LogP contribution is 2.34. The number of hydrogen-bond donors (Lipinski definition) is 5. The molecule has 0 bridgehead atoms. The molecule has 0 spiro atoms. The Morgan fingerprint density at radius 2 is 0.919 bits per heavy atom. The van der Waals surface area contributed by atoms with Gasteiger partial charge in [0, 0.05) is 169 Å². The molecule has 0 fully saturated rings. The third kappa shape index (κ3) is 29.8. The maximum absolute atomic E-state index is 13.4. The van der Waals surface area contributed by atoms with E-state index < -0.39 is 36.4 Å². The minimum atomic E-state index is -0.988. The van der Waals surface area contributed by atoms with Crippen molar-refractivity contribution in [2.75, 3.05) is 20.3 Å². The molecule has 35 nitrogen and oxygen atoms in total. The number of halogens is 6. The average molecular weight is 2110 g/mol. The number of methoxy groups -OCH3 is 1. The van der Waals surface area contributed by atoms with E-state index in [-0.39, 0.29) is 83.0 Å². The summed E-state index contributed by atoms with van der Waals surface area (Å²) in [5.41, 5.74) is 13.5. The van der Waals surface area contributed by atoms with Crippen molar-refractivity contribution in [1.82, 2.24) is 97.3 Å². The number of carbonyl (C=O) groups excluding carboxylic acids is 5. The van der Waals surface area contributed by atoms with E-state index in [0.717, 1.165) is 160 Å². The van der Waals surface area contributed by atoms with E-state index >= 15 is 0 Å². The summed E-state index contributed by atoms with van der Waals surface area (Å²) in [7, 11) is 6.36. The number of nitrogens with two attached hydrogens (primary N) is 1. The molecule has 0 amide bonds. The van der Waals surface area contributed by atoms with Gasteiger partial charge in [-0.25, -0.2) is 43.5 Å². The molecule has 720 valence electrons. The number of benzene rings is 2. The van der Waals surface area contributed by atoms with Crippen LogP contribution in [0.5, 0.6) is 0 Å². The van der Waals surface area contributed by atoms with Crippen molar-refractivity contribution in [2.45, 2.75) is 189 Å². The number of rotatable bonds is 16. The molecule has 5 aliphatic rings. The summed E-state index contributed by atoms with van der Waals surface area (Å²) in [5, 5.41) is 59.5. The van der Waals surface area contributed by atoms with Crippen LogP contribution in [0.4, 0.5) is 8.78 Å². The van der Waals surface area contributed by atoms with Gasteiger partial charge in [-0.05, 0) is 190 Å². The molecule has 43 heteroatoms. The van der Waals surface area contributed by atoms with Crippen molar-refractivity contribution in [1.29, 1.82) is 0 Å². The number of carboxylic acid groups (broad SMARTS) is 2. The van der Waals surface area contributed by atoms with Crippen molar-refractivity contribution in [2.24, 2.45) is 50.5 Å². The number of carbonyl (C=O) groups is 7. The van der Waals surface area contributed by atoms with E-state index in [4.69, 9.17) is 40.4 Å². The maximum Gasteiger partial charge on any atom is 0.354 e. The Morgan fingerprint density at radius 1 is 0.496 bits per heavy atom. The van der Waals surface area contributed by atoms with Crippen LogP contribution in [0, 0.1) is 56.1 Å². The van der Waals surface area contributed by atoms with E-state index in [1.807, 2.05) is 134 Å². The zero-order chi connectivity index (χ0) is 97.2. The number of fused-ring (bicyclic) bond motifs is 5. The van der Waals surface area contributed by atoms with Crippen LogP contribution < -0.4 is 5.73 Å². The van der Waals surface area contributed by atoms with Crippen LogP contribution in [0.1, 0.15) is 163 Å². The second-order valence-corrected chi connectivity index (χ2v) is 38.9. The maximum atomic E-state index is 13.4. The van der Waals surface area contributed by atoms with E-state index in [1.54, 1.807) is 45.7 Å². The lowest BCUT2D eigenvalue weighted by Gasteiger charge is -2.25. The molecular formula is C92H109Br3ClF2N21O14S2. The zero-order valence-electron chi connectivity index (χ0n) is 76.9. The van der Waals surface area contributed by atoms with Gasteiger partial charge in [0.1, 0.15) is 100 Å². The highest BCUT2D eigenvalue weighted by atomic mass is 79.9.